The van der Waals surface area contributed by atoms with Crippen LogP contribution in [0.3, 0.4) is 0 Å². The van der Waals surface area contributed by atoms with E-state index in [0.29, 0.717) is 12.1 Å². The summed E-state index contributed by atoms with van der Waals surface area (Å²) in [6.45, 7) is 2.36. The molecular formula is C13H16N4O. The Hall–Kier alpha value is -2.14. The number of aromatic amines is 1. The average Bonchev–Trinajstić information content (AvgIpc) is 2.92. The molecule has 94 valence electrons. The summed E-state index contributed by atoms with van der Waals surface area (Å²) in [7, 11) is 0. The molecule has 2 rings (SSSR count). The minimum absolute atomic E-state index is 0.123. The van der Waals surface area contributed by atoms with E-state index in [9.17, 15) is 4.79 Å². The SMILES string of the molecule is CC(NC(=O)c1ccc(CN)cc1)c1ncc[nH]1. The molecule has 0 spiro atoms. The third-order valence-corrected chi connectivity index (χ3v) is 2.73. The van der Waals surface area contributed by atoms with Crippen LogP contribution in [0.4, 0.5) is 0 Å². The number of amides is 1. The molecule has 0 aliphatic heterocycles. The Balaban J connectivity index is 2.03. The molecule has 5 nitrogen and oxygen atoms in total. The number of rotatable bonds is 4. The first kappa shape index (κ1) is 12.3. The summed E-state index contributed by atoms with van der Waals surface area (Å²) in [5.41, 5.74) is 7.13. The zero-order chi connectivity index (χ0) is 13.0. The fourth-order valence-electron chi connectivity index (χ4n) is 1.65. The quantitative estimate of drug-likeness (QED) is 0.759. The summed E-state index contributed by atoms with van der Waals surface area (Å²) in [6, 6.07) is 7.10. The van der Waals surface area contributed by atoms with Gasteiger partial charge < -0.3 is 16.0 Å². The molecule has 0 aliphatic rings. The summed E-state index contributed by atoms with van der Waals surface area (Å²) in [6.07, 6.45) is 3.39. The smallest absolute Gasteiger partial charge is 0.251 e. The summed E-state index contributed by atoms with van der Waals surface area (Å²) in [5, 5.41) is 2.87. The first-order valence-electron chi connectivity index (χ1n) is 5.80. The van der Waals surface area contributed by atoms with Gasteiger partial charge in [-0.15, -0.1) is 0 Å². The van der Waals surface area contributed by atoms with Crippen molar-refractivity contribution >= 4 is 5.91 Å². The molecule has 2 aromatic rings. The van der Waals surface area contributed by atoms with Crippen LogP contribution in [-0.2, 0) is 6.54 Å². The molecule has 4 N–H and O–H groups in total. The van der Waals surface area contributed by atoms with E-state index in [1.54, 1.807) is 24.5 Å². The number of carbonyl (C=O) groups excluding carboxylic acids is 1. The van der Waals surface area contributed by atoms with E-state index in [-0.39, 0.29) is 11.9 Å². The second-order valence-corrected chi connectivity index (χ2v) is 4.07. The second-order valence-electron chi connectivity index (χ2n) is 4.07. The molecule has 0 bridgehead atoms. The van der Waals surface area contributed by atoms with E-state index in [1.165, 1.54) is 0 Å². The van der Waals surface area contributed by atoms with Crippen LogP contribution >= 0.6 is 0 Å². The van der Waals surface area contributed by atoms with Crippen molar-refractivity contribution in [3.05, 3.63) is 53.6 Å². The molecule has 18 heavy (non-hydrogen) atoms. The normalized spacial score (nSPS) is 12.1. The number of imidazole rings is 1. The van der Waals surface area contributed by atoms with Crippen LogP contribution in [0.25, 0.3) is 0 Å². The third-order valence-electron chi connectivity index (χ3n) is 2.73. The number of benzene rings is 1. The molecule has 1 unspecified atom stereocenters. The first-order chi connectivity index (χ1) is 8.70. The molecule has 1 amide bonds. The van der Waals surface area contributed by atoms with E-state index < -0.39 is 0 Å². The molecule has 1 aromatic heterocycles. The molecular weight excluding hydrogens is 228 g/mol. The number of aromatic nitrogens is 2. The summed E-state index contributed by atoms with van der Waals surface area (Å²) >= 11 is 0. The van der Waals surface area contributed by atoms with Gasteiger partial charge in [0.1, 0.15) is 5.82 Å². The van der Waals surface area contributed by atoms with Gasteiger partial charge in [0.2, 0.25) is 0 Å². The lowest BCUT2D eigenvalue weighted by molar-refractivity contribution is 0.0938. The van der Waals surface area contributed by atoms with Gasteiger partial charge in [-0.3, -0.25) is 4.79 Å². The number of hydrogen-bond donors (Lipinski definition) is 3. The van der Waals surface area contributed by atoms with E-state index in [2.05, 4.69) is 15.3 Å². The van der Waals surface area contributed by atoms with Crippen molar-refractivity contribution < 1.29 is 4.79 Å². The Morgan fingerprint density at radius 2 is 2.17 bits per heavy atom. The Labute approximate surface area is 105 Å². The molecule has 0 saturated heterocycles. The molecule has 0 saturated carbocycles. The summed E-state index contributed by atoms with van der Waals surface area (Å²) in [4.78, 5) is 19.0. The minimum atomic E-state index is -0.151. The highest BCUT2D eigenvalue weighted by Gasteiger charge is 2.12. The summed E-state index contributed by atoms with van der Waals surface area (Å²) < 4.78 is 0. The van der Waals surface area contributed by atoms with Crippen LogP contribution in [0, 0.1) is 0 Å². The third kappa shape index (κ3) is 2.75. The Morgan fingerprint density at radius 1 is 1.44 bits per heavy atom. The maximum atomic E-state index is 12.0. The lowest BCUT2D eigenvalue weighted by Crippen LogP contribution is -2.27. The van der Waals surface area contributed by atoms with Crippen LogP contribution in [0.2, 0.25) is 0 Å². The number of H-pyrrole nitrogens is 1. The fourth-order valence-corrected chi connectivity index (χ4v) is 1.65. The van der Waals surface area contributed by atoms with Crippen molar-refractivity contribution in [3.8, 4) is 0 Å². The average molecular weight is 244 g/mol. The lowest BCUT2D eigenvalue weighted by Gasteiger charge is -2.11. The summed E-state index contributed by atoms with van der Waals surface area (Å²) in [5.74, 6) is 0.615. The zero-order valence-electron chi connectivity index (χ0n) is 10.2. The van der Waals surface area contributed by atoms with Gasteiger partial charge in [-0.2, -0.15) is 0 Å². The van der Waals surface area contributed by atoms with Crippen molar-refractivity contribution in [2.75, 3.05) is 0 Å². The first-order valence-corrected chi connectivity index (χ1v) is 5.80. The number of nitrogens with two attached hydrogens (primary N) is 1. The van der Waals surface area contributed by atoms with Crippen molar-refractivity contribution in [2.45, 2.75) is 19.5 Å². The van der Waals surface area contributed by atoms with Crippen molar-refractivity contribution in [1.82, 2.24) is 15.3 Å². The standard InChI is InChI=1S/C13H16N4O/c1-9(12-15-6-7-16-12)17-13(18)11-4-2-10(8-14)3-5-11/h2-7,9H,8,14H2,1H3,(H,15,16)(H,17,18). The van der Waals surface area contributed by atoms with Crippen molar-refractivity contribution in [1.29, 1.82) is 0 Å². The molecule has 0 radical (unpaired) electrons. The Kier molecular flexibility index (Phi) is 3.74. The fraction of sp³-hybridized carbons (Fsp3) is 0.231. The predicted molar refractivity (Wildman–Crippen MR) is 68.8 cm³/mol. The van der Waals surface area contributed by atoms with Gasteiger partial charge in [0.15, 0.2) is 0 Å². The Morgan fingerprint density at radius 3 is 2.72 bits per heavy atom. The molecule has 1 aromatic carbocycles. The maximum Gasteiger partial charge on any atom is 0.251 e. The van der Waals surface area contributed by atoms with E-state index in [0.717, 1.165) is 11.4 Å². The lowest BCUT2D eigenvalue weighted by atomic mass is 10.1. The van der Waals surface area contributed by atoms with Crippen LogP contribution in [0.1, 0.15) is 34.7 Å². The largest absolute Gasteiger partial charge is 0.347 e. The molecule has 0 aliphatic carbocycles. The van der Waals surface area contributed by atoms with Crippen LogP contribution < -0.4 is 11.1 Å². The monoisotopic (exact) mass is 244 g/mol. The molecule has 5 heteroatoms. The van der Waals surface area contributed by atoms with Gasteiger partial charge in [0.05, 0.1) is 6.04 Å². The maximum absolute atomic E-state index is 12.0. The second kappa shape index (κ2) is 5.46. The molecule has 1 atom stereocenters. The highest BCUT2D eigenvalue weighted by atomic mass is 16.1. The topological polar surface area (TPSA) is 83.8 Å². The van der Waals surface area contributed by atoms with Crippen molar-refractivity contribution in [2.24, 2.45) is 5.73 Å². The number of carbonyl (C=O) groups is 1. The number of nitrogens with one attached hydrogen (secondary N) is 2. The van der Waals surface area contributed by atoms with Gasteiger partial charge in [0.25, 0.3) is 5.91 Å². The van der Waals surface area contributed by atoms with E-state index in [4.69, 9.17) is 5.73 Å². The van der Waals surface area contributed by atoms with Crippen molar-refractivity contribution in [3.63, 3.8) is 0 Å². The minimum Gasteiger partial charge on any atom is -0.347 e. The van der Waals surface area contributed by atoms with Gasteiger partial charge in [-0.25, -0.2) is 4.98 Å². The van der Waals surface area contributed by atoms with E-state index in [1.807, 2.05) is 19.1 Å². The van der Waals surface area contributed by atoms with Gasteiger partial charge in [-0.1, -0.05) is 12.1 Å². The predicted octanol–water partition coefficient (Wildman–Crippen LogP) is 1.36. The van der Waals surface area contributed by atoms with Crippen LogP contribution in [0.5, 0.6) is 0 Å². The Bertz CT molecular complexity index is 504. The zero-order valence-corrected chi connectivity index (χ0v) is 10.2. The van der Waals surface area contributed by atoms with Gasteiger partial charge in [0, 0.05) is 24.5 Å². The van der Waals surface area contributed by atoms with Crippen LogP contribution in [0.15, 0.2) is 36.7 Å². The van der Waals surface area contributed by atoms with Gasteiger partial charge in [-0.05, 0) is 24.6 Å². The number of hydrogen-bond acceptors (Lipinski definition) is 3. The van der Waals surface area contributed by atoms with Crippen LogP contribution in [-0.4, -0.2) is 15.9 Å². The highest BCUT2D eigenvalue weighted by molar-refractivity contribution is 5.94. The van der Waals surface area contributed by atoms with E-state index >= 15 is 0 Å². The number of nitrogens with zero attached hydrogens (tertiary/aromatic N) is 1. The molecule has 1 heterocycles. The molecule has 0 fully saturated rings. The van der Waals surface area contributed by atoms with Gasteiger partial charge >= 0.3 is 0 Å². The highest BCUT2D eigenvalue weighted by Crippen LogP contribution is 2.08.